The predicted octanol–water partition coefficient (Wildman–Crippen LogP) is 1.65. The summed E-state index contributed by atoms with van der Waals surface area (Å²) >= 11 is 0. The van der Waals surface area contributed by atoms with Gasteiger partial charge >= 0.3 is 0 Å². The lowest BCUT2D eigenvalue weighted by atomic mass is 10.2. The first-order valence-electron chi connectivity index (χ1n) is 4.62. The second-order valence-electron chi connectivity index (χ2n) is 3.25. The molecule has 1 aromatic carbocycles. The molecule has 1 aliphatic rings. The van der Waals surface area contributed by atoms with Crippen LogP contribution in [0, 0.1) is 6.92 Å². The Balaban J connectivity index is 0.000000234. The molecule has 0 unspecified atom stereocenters. The van der Waals surface area contributed by atoms with Gasteiger partial charge in [-0.2, -0.15) is 8.42 Å². The Morgan fingerprint density at radius 1 is 1.20 bits per heavy atom. The third kappa shape index (κ3) is 4.42. The van der Waals surface area contributed by atoms with E-state index in [2.05, 4.69) is 0 Å². The lowest BCUT2D eigenvalue weighted by molar-refractivity contribution is 0.0367. The van der Waals surface area contributed by atoms with Crippen LogP contribution < -0.4 is 0 Å². The molecule has 0 radical (unpaired) electrons. The van der Waals surface area contributed by atoms with Crippen molar-refractivity contribution in [2.24, 2.45) is 0 Å². The van der Waals surface area contributed by atoms with Crippen LogP contribution in [0.1, 0.15) is 12.0 Å². The van der Waals surface area contributed by atoms with Crippen LogP contribution in [0.15, 0.2) is 29.2 Å². The average molecular weight is 230 g/mol. The monoisotopic (exact) mass is 230 g/mol. The highest BCUT2D eigenvalue weighted by atomic mass is 32.2. The Labute approximate surface area is 89.6 Å². The van der Waals surface area contributed by atoms with Crippen LogP contribution in [-0.2, 0) is 14.9 Å². The van der Waals surface area contributed by atoms with Crippen molar-refractivity contribution in [1.29, 1.82) is 0 Å². The van der Waals surface area contributed by atoms with E-state index in [1.807, 2.05) is 6.92 Å². The molecule has 0 aliphatic carbocycles. The minimum atomic E-state index is -4.02. The molecule has 15 heavy (non-hydrogen) atoms. The lowest BCUT2D eigenvalue weighted by Gasteiger charge is -2.09. The van der Waals surface area contributed by atoms with E-state index in [-0.39, 0.29) is 4.90 Å². The molecule has 1 N–H and O–H groups in total. The van der Waals surface area contributed by atoms with Crippen molar-refractivity contribution in [3.63, 3.8) is 0 Å². The van der Waals surface area contributed by atoms with E-state index in [0.717, 1.165) is 18.8 Å². The summed E-state index contributed by atoms with van der Waals surface area (Å²) in [6, 6.07) is 5.99. The standard InChI is InChI=1S/C7H8O3S.C3H6O/c1-6-2-4-7(5-3-6)11(8,9)10;1-2-4-3-1/h2-5H,1H3,(H,8,9,10);1-3H2. The van der Waals surface area contributed by atoms with Gasteiger partial charge in [-0.1, -0.05) is 17.7 Å². The van der Waals surface area contributed by atoms with Crippen molar-refractivity contribution in [2.45, 2.75) is 18.2 Å². The van der Waals surface area contributed by atoms with E-state index in [4.69, 9.17) is 9.29 Å². The summed E-state index contributed by atoms with van der Waals surface area (Å²) in [6.45, 7) is 3.84. The van der Waals surface area contributed by atoms with Crippen molar-refractivity contribution >= 4 is 10.1 Å². The minimum Gasteiger partial charge on any atom is -0.381 e. The third-order valence-corrected chi connectivity index (χ3v) is 2.76. The van der Waals surface area contributed by atoms with Crippen molar-refractivity contribution in [3.8, 4) is 0 Å². The summed E-state index contributed by atoms with van der Waals surface area (Å²) in [7, 11) is -4.02. The number of rotatable bonds is 1. The Morgan fingerprint density at radius 3 is 1.87 bits per heavy atom. The Bertz CT molecular complexity index is 386. The van der Waals surface area contributed by atoms with Gasteiger partial charge in [0.15, 0.2) is 0 Å². The van der Waals surface area contributed by atoms with Crippen LogP contribution in [-0.4, -0.2) is 26.2 Å². The highest BCUT2D eigenvalue weighted by Gasteiger charge is 2.06. The van der Waals surface area contributed by atoms with Gasteiger partial charge in [-0.05, 0) is 25.5 Å². The molecule has 0 amide bonds. The van der Waals surface area contributed by atoms with E-state index < -0.39 is 10.1 Å². The van der Waals surface area contributed by atoms with Gasteiger partial charge in [-0.15, -0.1) is 0 Å². The van der Waals surface area contributed by atoms with Crippen LogP contribution in [0.4, 0.5) is 0 Å². The third-order valence-electron chi connectivity index (χ3n) is 1.90. The summed E-state index contributed by atoms with van der Waals surface area (Å²) in [5.41, 5.74) is 0.956. The SMILES string of the molecule is C1COC1.Cc1ccc(S(=O)(=O)O)cc1. The first-order valence-corrected chi connectivity index (χ1v) is 6.06. The molecule has 5 heteroatoms. The molecule has 84 valence electrons. The molecule has 0 spiro atoms. The molecule has 4 nitrogen and oxygen atoms in total. The summed E-state index contributed by atoms with van der Waals surface area (Å²) in [4.78, 5) is -0.0666. The van der Waals surface area contributed by atoms with Gasteiger partial charge in [0.25, 0.3) is 10.1 Å². The predicted molar refractivity (Wildman–Crippen MR) is 56.4 cm³/mol. The van der Waals surface area contributed by atoms with E-state index in [1.54, 1.807) is 12.1 Å². The number of aryl methyl sites for hydroxylation is 1. The zero-order valence-corrected chi connectivity index (χ0v) is 9.33. The fourth-order valence-corrected chi connectivity index (χ4v) is 1.33. The summed E-state index contributed by atoms with van der Waals surface area (Å²) in [5, 5.41) is 0. The van der Waals surface area contributed by atoms with Gasteiger partial charge in [0.2, 0.25) is 0 Å². The highest BCUT2D eigenvalue weighted by molar-refractivity contribution is 7.85. The molecule has 1 fully saturated rings. The smallest absolute Gasteiger partial charge is 0.294 e. The van der Waals surface area contributed by atoms with Crippen molar-refractivity contribution in [1.82, 2.24) is 0 Å². The quantitative estimate of drug-likeness (QED) is 0.745. The largest absolute Gasteiger partial charge is 0.381 e. The van der Waals surface area contributed by atoms with Gasteiger partial charge in [0.1, 0.15) is 0 Å². The molecule has 2 rings (SSSR count). The number of hydrogen-bond donors (Lipinski definition) is 1. The number of hydrogen-bond acceptors (Lipinski definition) is 3. The maximum atomic E-state index is 10.5. The van der Waals surface area contributed by atoms with Gasteiger partial charge < -0.3 is 4.74 Å². The van der Waals surface area contributed by atoms with Crippen LogP contribution in [0.5, 0.6) is 0 Å². The summed E-state index contributed by atoms with van der Waals surface area (Å²) < 4.78 is 34.3. The van der Waals surface area contributed by atoms with Crippen LogP contribution in [0.3, 0.4) is 0 Å². The van der Waals surface area contributed by atoms with E-state index in [0.29, 0.717) is 0 Å². The Hall–Kier alpha value is -0.910. The second-order valence-corrected chi connectivity index (χ2v) is 4.68. The zero-order valence-electron chi connectivity index (χ0n) is 8.51. The number of ether oxygens (including phenoxy) is 1. The Kier molecular flexibility index (Phi) is 4.26. The van der Waals surface area contributed by atoms with Crippen LogP contribution in [0.25, 0.3) is 0 Å². The normalized spacial score (nSPS) is 14.8. The van der Waals surface area contributed by atoms with Gasteiger partial charge in [-0.3, -0.25) is 4.55 Å². The lowest BCUT2D eigenvalue weighted by Crippen LogP contribution is -2.09. The van der Waals surface area contributed by atoms with Crippen molar-refractivity contribution < 1.29 is 17.7 Å². The van der Waals surface area contributed by atoms with E-state index in [9.17, 15) is 8.42 Å². The molecule has 0 saturated carbocycles. The minimum absolute atomic E-state index is 0.0666. The highest BCUT2D eigenvalue weighted by Crippen LogP contribution is 2.08. The first kappa shape index (κ1) is 12.2. The van der Waals surface area contributed by atoms with Crippen LogP contribution >= 0.6 is 0 Å². The van der Waals surface area contributed by atoms with Gasteiger partial charge in [0, 0.05) is 13.2 Å². The van der Waals surface area contributed by atoms with E-state index in [1.165, 1.54) is 18.6 Å². The molecule has 0 aromatic heterocycles. The first-order chi connectivity index (χ1) is 7.00. The second kappa shape index (κ2) is 5.25. The van der Waals surface area contributed by atoms with Gasteiger partial charge in [0.05, 0.1) is 4.90 Å². The fourth-order valence-electron chi connectivity index (χ4n) is 0.855. The van der Waals surface area contributed by atoms with Crippen molar-refractivity contribution in [3.05, 3.63) is 29.8 Å². The molecular weight excluding hydrogens is 216 g/mol. The topological polar surface area (TPSA) is 63.6 Å². The van der Waals surface area contributed by atoms with Gasteiger partial charge in [-0.25, -0.2) is 0 Å². The molecule has 0 atom stereocenters. The molecule has 1 heterocycles. The van der Waals surface area contributed by atoms with E-state index >= 15 is 0 Å². The average Bonchev–Trinajstić information content (AvgIpc) is 1.99. The molecule has 0 bridgehead atoms. The molecular formula is C10H14O4S. The van der Waals surface area contributed by atoms with Crippen molar-refractivity contribution in [2.75, 3.05) is 13.2 Å². The molecule has 1 aliphatic heterocycles. The maximum Gasteiger partial charge on any atom is 0.294 e. The fraction of sp³-hybridized carbons (Fsp3) is 0.400. The number of benzene rings is 1. The maximum absolute atomic E-state index is 10.5. The molecule has 1 aromatic rings. The zero-order chi connectivity index (χ0) is 11.3. The summed E-state index contributed by atoms with van der Waals surface area (Å²) in [6.07, 6.45) is 1.28. The molecule has 1 saturated heterocycles. The Morgan fingerprint density at radius 2 is 1.60 bits per heavy atom. The van der Waals surface area contributed by atoms with Crippen LogP contribution in [0.2, 0.25) is 0 Å². The summed E-state index contributed by atoms with van der Waals surface area (Å²) in [5.74, 6) is 0.